The first-order valence-electron chi connectivity index (χ1n) is 7.27. The minimum atomic E-state index is 0.747. The summed E-state index contributed by atoms with van der Waals surface area (Å²) in [5, 5.41) is 3.24. The fourth-order valence-corrected chi connectivity index (χ4v) is 2.50. The summed E-state index contributed by atoms with van der Waals surface area (Å²) < 4.78 is 5.12. The maximum Gasteiger partial charge on any atom is 0.0589 e. The third kappa shape index (κ3) is 4.86. The van der Waals surface area contributed by atoms with Crippen LogP contribution in [0.2, 0.25) is 0 Å². The summed E-state index contributed by atoms with van der Waals surface area (Å²) in [5.74, 6) is 0. The van der Waals surface area contributed by atoms with Gasteiger partial charge in [-0.2, -0.15) is 0 Å². The molecule has 0 aromatic heterocycles. The standard InChI is InChI=1S/C12H23N3O.C2H6/c1-16-11-10-14-6-2-12(3-7-14)15-8-4-13-5-9-15;1-2/h4,8,12-13H,2-3,5-7,9-11H2,1H3;1-2H3. The van der Waals surface area contributed by atoms with E-state index >= 15 is 0 Å². The second kappa shape index (κ2) is 9.22. The lowest BCUT2D eigenvalue weighted by molar-refractivity contribution is 0.103. The molecule has 2 aliphatic rings. The van der Waals surface area contributed by atoms with Crippen LogP contribution < -0.4 is 5.32 Å². The molecule has 1 saturated heterocycles. The Morgan fingerprint density at radius 1 is 1.22 bits per heavy atom. The minimum absolute atomic E-state index is 0.747. The molecule has 0 bridgehead atoms. The van der Waals surface area contributed by atoms with Crippen molar-refractivity contribution in [2.75, 3.05) is 46.4 Å². The van der Waals surface area contributed by atoms with E-state index in [1.54, 1.807) is 7.11 Å². The van der Waals surface area contributed by atoms with Crippen LogP contribution in [-0.4, -0.2) is 62.3 Å². The highest BCUT2D eigenvalue weighted by molar-refractivity contribution is 4.92. The summed E-state index contributed by atoms with van der Waals surface area (Å²) in [4.78, 5) is 5.00. The van der Waals surface area contributed by atoms with Crippen LogP contribution in [0.15, 0.2) is 12.4 Å². The Bertz CT molecular complexity index is 225. The molecule has 0 amide bonds. The monoisotopic (exact) mass is 255 g/mol. The van der Waals surface area contributed by atoms with Crippen LogP contribution in [0.3, 0.4) is 0 Å². The van der Waals surface area contributed by atoms with Crippen molar-refractivity contribution in [3.05, 3.63) is 12.4 Å². The van der Waals surface area contributed by atoms with Gasteiger partial charge in [0.05, 0.1) is 6.61 Å². The number of hydrogen-bond acceptors (Lipinski definition) is 4. The van der Waals surface area contributed by atoms with E-state index in [0.717, 1.165) is 32.3 Å². The molecule has 0 unspecified atom stereocenters. The molecule has 0 saturated carbocycles. The first-order valence-corrected chi connectivity index (χ1v) is 7.27. The molecule has 0 aromatic rings. The third-order valence-corrected chi connectivity index (χ3v) is 3.54. The number of rotatable bonds is 4. The topological polar surface area (TPSA) is 27.7 Å². The zero-order chi connectivity index (χ0) is 13.2. The summed E-state index contributed by atoms with van der Waals surface area (Å²) >= 11 is 0. The zero-order valence-electron chi connectivity index (χ0n) is 12.2. The molecule has 106 valence electrons. The molecule has 18 heavy (non-hydrogen) atoms. The predicted molar refractivity (Wildman–Crippen MR) is 76.5 cm³/mol. The Hall–Kier alpha value is -0.740. The Morgan fingerprint density at radius 3 is 2.50 bits per heavy atom. The zero-order valence-corrected chi connectivity index (χ0v) is 12.2. The Kier molecular flexibility index (Phi) is 7.85. The van der Waals surface area contributed by atoms with Crippen molar-refractivity contribution in [3.63, 3.8) is 0 Å². The van der Waals surface area contributed by atoms with Crippen LogP contribution in [0.1, 0.15) is 26.7 Å². The van der Waals surface area contributed by atoms with Crippen molar-refractivity contribution < 1.29 is 4.74 Å². The largest absolute Gasteiger partial charge is 0.388 e. The van der Waals surface area contributed by atoms with Crippen LogP contribution in [0.5, 0.6) is 0 Å². The van der Waals surface area contributed by atoms with Crippen LogP contribution in [-0.2, 0) is 4.74 Å². The molecule has 0 aliphatic carbocycles. The fraction of sp³-hybridized carbons (Fsp3) is 0.857. The highest BCUT2D eigenvalue weighted by Gasteiger charge is 2.22. The highest BCUT2D eigenvalue weighted by Crippen LogP contribution is 2.17. The fourth-order valence-electron chi connectivity index (χ4n) is 2.50. The third-order valence-electron chi connectivity index (χ3n) is 3.54. The van der Waals surface area contributed by atoms with Crippen LogP contribution in [0.4, 0.5) is 0 Å². The lowest BCUT2D eigenvalue weighted by Gasteiger charge is -2.39. The van der Waals surface area contributed by atoms with E-state index in [0.29, 0.717) is 0 Å². The quantitative estimate of drug-likeness (QED) is 0.824. The Labute approximate surface area is 112 Å². The highest BCUT2D eigenvalue weighted by atomic mass is 16.5. The van der Waals surface area contributed by atoms with Gasteiger partial charge < -0.3 is 19.9 Å². The summed E-state index contributed by atoms with van der Waals surface area (Å²) in [6, 6.07) is 0.747. The lowest BCUT2D eigenvalue weighted by atomic mass is 10.0. The number of likely N-dealkylation sites (tertiary alicyclic amines) is 1. The number of piperidine rings is 1. The molecule has 0 atom stereocenters. The lowest BCUT2D eigenvalue weighted by Crippen LogP contribution is -2.46. The van der Waals surface area contributed by atoms with Gasteiger partial charge in [0.15, 0.2) is 0 Å². The SMILES string of the molecule is CC.COCCN1CCC(N2C=CNCC2)CC1. The molecule has 2 rings (SSSR count). The number of ether oxygens (including phenoxy) is 1. The summed E-state index contributed by atoms with van der Waals surface area (Å²) in [6.45, 7) is 10.6. The molecule has 4 nitrogen and oxygen atoms in total. The Morgan fingerprint density at radius 2 is 1.94 bits per heavy atom. The normalized spacial score (nSPS) is 21.2. The second-order valence-corrected chi connectivity index (χ2v) is 4.57. The molecule has 4 heteroatoms. The van der Waals surface area contributed by atoms with E-state index in [1.165, 1.54) is 25.9 Å². The van der Waals surface area contributed by atoms with Gasteiger partial charge in [0.25, 0.3) is 0 Å². The van der Waals surface area contributed by atoms with Crippen LogP contribution >= 0.6 is 0 Å². The van der Waals surface area contributed by atoms with E-state index in [2.05, 4.69) is 27.5 Å². The molecule has 0 aromatic carbocycles. The van der Waals surface area contributed by atoms with Crippen molar-refractivity contribution in [1.29, 1.82) is 0 Å². The van der Waals surface area contributed by atoms with Crippen molar-refractivity contribution in [2.24, 2.45) is 0 Å². The average Bonchev–Trinajstić information content (AvgIpc) is 2.49. The van der Waals surface area contributed by atoms with Gasteiger partial charge in [0.2, 0.25) is 0 Å². The number of nitrogens with one attached hydrogen (secondary N) is 1. The van der Waals surface area contributed by atoms with Crippen LogP contribution in [0, 0.1) is 0 Å². The first-order chi connectivity index (χ1) is 8.90. The van der Waals surface area contributed by atoms with E-state index < -0.39 is 0 Å². The van der Waals surface area contributed by atoms with E-state index in [4.69, 9.17) is 4.74 Å². The summed E-state index contributed by atoms with van der Waals surface area (Å²) in [6.07, 6.45) is 6.85. The van der Waals surface area contributed by atoms with Crippen molar-refractivity contribution >= 4 is 0 Å². The molecular weight excluding hydrogens is 226 g/mol. The van der Waals surface area contributed by atoms with Crippen molar-refractivity contribution in [2.45, 2.75) is 32.7 Å². The Balaban J connectivity index is 0.000000771. The molecular formula is C14H29N3O. The first kappa shape index (κ1) is 15.3. The number of hydrogen-bond donors (Lipinski definition) is 1. The van der Waals surface area contributed by atoms with Gasteiger partial charge in [-0.25, -0.2) is 0 Å². The van der Waals surface area contributed by atoms with Gasteiger partial charge in [-0.1, -0.05) is 13.8 Å². The van der Waals surface area contributed by atoms with Gasteiger partial charge >= 0.3 is 0 Å². The molecule has 1 fully saturated rings. The maximum atomic E-state index is 5.12. The summed E-state index contributed by atoms with van der Waals surface area (Å²) in [7, 11) is 1.78. The van der Waals surface area contributed by atoms with Gasteiger partial charge in [-0.05, 0) is 12.8 Å². The van der Waals surface area contributed by atoms with Gasteiger partial charge in [-0.3, -0.25) is 0 Å². The molecule has 2 heterocycles. The number of nitrogens with zero attached hydrogens (tertiary/aromatic N) is 2. The van der Waals surface area contributed by atoms with Crippen molar-refractivity contribution in [1.82, 2.24) is 15.1 Å². The smallest absolute Gasteiger partial charge is 0.0589 e. The van der Waals surface area contributed by atoms with E-state index in [9.17, 15) is 0 Å². The molecule has 0 spiro atoms. The van der Waals surface area contributed by atoms with Gasteiger partial charge in [0.1, 0.15) is 0 Å². The second-order valence-electron chi connectivity index (χ2n) is 4.57. The molecule has 2 aliphatic heterocycles. The van der Waals surface area contributed by atoms with Gasteiger partial charge in [-0.15, -0.1) is 0 Å². The van der Waals surface area contributed by atoms with E-state index in [-0.39, 0.29) is 0 Å². The molecule has 1 N–H and O–H groups in total. The van der Waals surface area contributed by atoms with Crippen LogP contribution in [0.25, 0.3) is 0 Å². The van der Waals surface area contributed by atoms with E-state index in [1.807, 2.05) is 13.8 Å². The van der Waals surface area contributed by atoms with Gasteiger partial charge in [0, 0.05) is 58.3 Å². The van der Waals surface area contributed by atoms with Crippen molar-refractivity contribution in [3.8, 4) is 0 Å². The number of methoxy groups -OCH3 is 1. The predicted octanol–water partition coefficient (Wildman–Crippen LogP) is 1.50. The minimum Gasteiger partial charge on any atom is -0.388 e. The summed E-state index contributed by atoms with van der Waals surface area (Å²) in [5.41, 5.74) is 0. The molecule has 0 radical (unpaired) electrons. The maximum absolute atomic E-state index is 5.12. The average molecular weight is 255 g/mol.